The summed E-state index contributed by atoms with van der Waals surface area (Å²) in [5, 5.41) is 15.4. The zero-order chi connectivity index (χ0) is 18.5. The first-order chi connectivity index (χ1) is 12.5. The van der Waals surface area contributed by atoms with Gasteiger partial charge in [0.05, 0.1) is 0 Å². The maximum Gasteiger partial charge on any atom is 0.222 e. The fraction of sp³-hybridized carbons (Fsp3) is 0.778. The molecule has 1 unspecified atom stereocenters. The minimum Gasteiger partial charge on any atom is -0.354 e. The number of hydrogen-bond acceptors (Lipinski definition) is 4. The van der Waals surface area contributed by atoms with E-state index in [1.54, 1.807) is 4.90 Å². The molecule has 2 heterocycles. The van der Waals surface area contributed by atoms with Crippen LogP contribution in [0.5, 0.6) is 0 Å². The van der Waals surface area contributed by atoms with Crippen LogP contribution in [0.15, 0.2) is 4.99 Å². The first-order valence-corrected chi connectivity index (χ1v) is 9.69. The van der Waals surface area contributed by atoms with E-state index in [9.17, 15) is 4.79 Å². The van der Waals surface area contributed by atoms with E-state index in [-0.39, 0.29) is 35.9 Å². The van der Waals surface area contributed by atoms with Crippen molar-refractivity contribution in [2.24, 2.45) is 12.0 Å². The van der Waals surface area contributed by atoms with Crippen LogP contribution in [0.1, 0.15) is 56.6 Å². The fourth-order valence-corrected chi connectivity index (χ4v) is 3.64. The minimum absolute atomic E-state index is 0. The standard InChI is InChI=1S/C18H31N7O.HI/c1-13-22-23-16(25(13)3)11-19-18(20-14-7-5-4-6-8-14)21-15-9-10-17(26)24(2)12-15;/h14-15H,4-12H2,1-3H3,(H2,19,20,21);1H. The summed E-state index contributed by atoms with van der Waals surface area (Å²) in [4.78, 5) is 18.3. The smallest absolute Gasteiger partial charge is 0.222 e. The Balaban J connectivity index is 0.00000261. The van der Waals surface area contributed by atoms with Gasteiger partial charge in [-0.3, -0.25) is 4.79 Å². The maximum atomic E-state index is 11.7. The van der Waals surface area contributed by atoms with Crippen molar-refractivity contribution in [1.82, 2.24) is 30.3 Å². The van der Waals surface area contributed by atoms with Crippen LogP contribution in [0.2, 0.25) is 0 Å². The van der Waals surface area contributed by atoms with Gasteiger partial charge in [0.2, 0.25) is 5.91 Å². The molecule has 2 aliphatic rings. The van der Waals surface area contributed by atoms with Gasteiger partial charge in [-0.1, -0.05) is 19.3 Å². The van der Waals surface area contributed by atoms with E-state index in [1.807, 2.05) is 25.6 Å². The number of nitrogens with zero attached hydrogens (tertiary/aromatic N) is 5. The molecule has 1 aromatic rings. The Morgan fingerprint density at radius 2 is 1.81 bits per heavy atom. The number of aryl methyl sites for hydroxylation is 1. The van der Waals surface area contributed by atoms with E-state index in [4.69, 9.17) is 4.99 Å². The first-order valence-electron chi connectivity index (χ1n) is 9.69. The number of guanidine groups is 1. The van der Waals surface area contributed by atoms with Gasteiger partial charge in [-0.25, -0.2) is 4.99 Å². The highest BCUT2D eigenvalue weighted by atomic mass is 127. The Labute approximate surface area is 178 Å². The van der Waals surface area contributed by atoms with Crippen LogP contribution in [0.4, 0.5) is 0 Å². The number of likely N-dealkylation sites (tertiary alicyclic amines) is 1. The van der Waals surface area contributed by atoms with Crippen LogP contribution in [0.3, 0.4) is 0 Å². The third kappa shape index (κ3) is 6.05. The quantitative estimate of drug-likeness (QED) is 0.382. The van der Waals surface area contributed by atoms with Crippen molar-refractivity contribution in [2.75, 3.05) is 13.6 Å². The van der Waals surface area contributed by atoms with Crippen LogP contribution in [0.25, 0.3) is 0 Å². The van der Waals surface area contributed by atoms with Gasteiger partial charge in [-0.15, -0.1) is 34.2 Å². The summed E-state index contributed by atoms with van der Waals surface area (Å²) in [5.41, 5.74) is 0. The molecule has 0 radical (unpaired) electrons. The van der Waals surface area contributed by atoms with Crippen LogP contribution in [-0.4, -0.2) is 57.2 Å². The summed E-state index contributed by atoms with van der Waals surface area (Å²) in [6, 6.07) is 0.702. The lowest BCUT2D eigenvalue weighted by molar-refractivity contribution is -0.132. The number of carbonyl (C=O) groups excluding carboxylic acids is 1. The molecule has 27 heavy (non-hydrogen) atoms. The van der Waals surface area contributed by atoms with Gasteiger partial charge < -0.3 is 20.1 Å². The van der Waals surface area contributed by atoms with Gasteiger partial charge in [0.25, 0.3) is 0 Å². The number of halogens is 1. The number of rotatable bonds is 4. The van der Waals surface area contributed by atoms with Crippen LogP contribution in [0, 0.1) is 6.92 Å². The van der Waals surface area contributed by atoms with Crippen molar-refractivity contribution < 1.29 is 4.79 Å². The molecule has 1 saturated heterocycles. The third-order valence-electron chi connectivity index (χ3n) is 5.47. The lowest BCUT2D eigenvalue weighted by Crippen LogP contribution is -2.53. The van der Waals surface area contributed by atoms with Gasteiger partial charge in [-0.05, 0) is 26.2 Å². The molecule has 152 valence electrons. The second kappa shape index (κ2) is 10.2. The van der Waals surface area contributed by atoms with E-state index in [2.05, 4.69) is 20.8 Å². The average Bonchev–Trinajstić information content (AvgIpc) is 2.95. The zero-order valence-electron chi connectivity index (χ0n) is 16.6. The van der Waals surface area contributed by atoms with Gasteiger partial charge in [0.1, 0.15) is 12.4 Å². The number of nitrogens with one attached hydrogen (secondary N) is 2. The molecule has 1 aliphatic carbocycles. The molecule has 1 atom stereocenters. The van der Waals surface area contributed by atoms with Gasteiger partial charge in [0.15, 0.2) is 11.8 Å². The topological polar surface area (TPSA) is 87.4 Å². The number of aliphatic imine (C=N–C) groups is 1. The highest BCUT2D eigenvalue weighted by molar-refractivity contribution is 14.0. The lowest BCUT2D eigenvalue weighted by Gasteiger charge is -2.32. The summed E-state index contributed by atoms with van der Waals surface area (Å²) in [7, 11) is 3.83. The second-order valence-electron chi connectivity index (χ2n) is 7.52. The molecule has 1 aromatic heterocycles. The van der Waals surface area contributed by atoms with E-state index in [1.165, 1.54) is 32.1 Å². The van der Waals surface area contributed by atoms with Gasteiger partial charge in [-0.2, -0.15) is 0 Å². The van der Waals surface area contributed by atoms with Gasteiger partial charge in [0, 0.05) is 39.1 Å². The van der Waals surface area contributed by atoms with Crippen LogP contribution >= 0.6 is 24.0 Å². The van der Waals surface area contributed by atoms with Crippen molar-refractivity contribution in [3.63, 3.8) is 0 Å². The normalized spacial score (nSPS) is 21.7. The third-order valence-corrected chi connectivity index (χ3v) is 5.47. The Morgan fingerprint density at radius 3 is 2.44 bits per heavy atom. The molecule has 0 aromatic carbocycles. The highest BCUT2D eigenvalue weighted by Gasteiger charge is 2.24. The van der Waals surface area contributed by atoms with E-state index < -0.39 is 0 Å². The summed E-state index contributed by atoms with van der Waals surface area (Å²) >= 11 is 0. The Hall–Kier alpha value is -1.39. The zero-order valence-corrected chi connectivity index (χ0v) is 18.9. The lowest BCUT2D eigenvalue weighted by atomic mass is 9.96. The molecule has 1 aliphatic heterocycles. The molecule has 3 rings (SSSR count). The number of hydrogen-bond donors (Lipinski definition) is 2. The number of carbonyl (C=O) groups is 1. The average molecular weight is 489 g/mol. The van der Waals surface area contributed by atoms with Crippen molar-refractivity contribution in [3.8, 4) is 0 Å². The Kier molecular flexibility index (Phi) is 8.30. The molecule has 1 amide bonds. The van der Waals surface area contributed by atoms with Gasteiger partial charge >= 0.3 is 0 Å². The number of piperidine rings is 1. The van der Waals surface area contributed by atoms with Crippen LogP contribution in [-0.2, 0) is 18.4 Å². The van der Waals surface area contributed by atoms with Crippen molar-refractivity contribution in [3.05, 3.63) is 11.6 Å². The monoisotopic (exact) mass is 489 g/mol. The van der Waals surface area contributed by atoms with E-state index in [0.29, 0.717) is 25.6 Å². The second-order valence-corrected chi connectivity index (χ2v) is 7.52. The SMILES string of the molecule is Cc1nnc(CN=C(NC2CCCCC2)NC2CCC(=O)N(C)C2)n1C.I. The van der Waals surface area contributed by atoms with Crippen LogP contribution < -0.4 is 10.6 Å². The number of aromatic nitrogens is 3. The van der Waals surface area contributed by atoms with Crippen molar-refractivity contribution in [2.45, 2.75) is 70.5 Å². The predicted octanol–water partition coefficient (Wildman–Crippen LogP) is 1.73. The number of likely N-dealkylation sites (N-methyl/N-ethyl adjacent to an activating group) is 1. The molecule has 2 fully saturated rings. The minimum atomic E-state index is 0. The largest absolute Gasteiger partial charge is 0.354 e. The highest BCUT2D eigenvalue weighted by Crippen LogP contribution is 2.17. The van der Waals surface area contributed by atoms with Crippen molar-refractivity contribution in [1.29, 1.82) is 0 Å². The first kappa shape index (κ1) is 21.9. The summed E-state index contributed by atoms with van der Waals surface area (Å²) in [6.45, 7) is 3.14. The number of amides is 1. The Bertz CT molecular complexity index is 654. The fourth-order valence-electron chi connectivity index (χ4n) is 3.64. The molecule has 0 spiro atoms. The maximum absolute atomic E-state index is 11.7. The molecular weight excluding hydrogens is 457 g/mol. The molecule has 9 heteroatoms. The van der Waals surface area contributed by atoms with E-state index in [0.717, 1.165) is 24.0 Å². The predicted molar refractivity (Wildman–Crippen MR) is 116 cm³/mol. The summed E-state index contributed by atoms with van der Waals surface area (Å²) in [5.74, 6) is 2.78. The molecule has 8 nitrogen and oxygen atoms in total. The Morgan fingerprint density at radius 1 is 1.11 bits per heavy atom. The van der Waals surface area contributed by atoms with Crippen molar-refractivity contribution >= 4 is 35.8 Å². The molecule has 0 bridgehead atoms. The molecule has 2 N–H and O–H groups in total. The van der Waals surface area contributed by atoms with E-state index >= 15 is 0 Å². The molecule has 1 saturated carbocycles. The molecular formula is C18H32IN7O. The summed E-state index contributed by atoms with van der Waals surface area (Å²) < 4.78 is 1.97. The summed E-state index contributed by atoms with van der Waals surface area (Å²) in [6.07, 6.45) is 7.68.